The number of aryl methyl sites for hydroxylation is 2. The molecule has 2 aromatic carbocycles. The Hall–Kier alpha value is -3.25. The van der Waals surface area contributed by atoms with Crippen molar-refractivity contribution in [3.8, 4) is 11.5 Å². The van der Waals surface area contributed by atoms with Crippen LogP contribution in [-0.4, -0.2) is 24.1 Å². The van der Waals surface area contributed by atoms with Crippen LogP contribution in [0.2, 0.25) is 5.02 Å². The van der Waals surface area contributed by atoms with Crippen LogP contribution in [0.3, 0.4) is 0 Å². The van der Waals surface area contributed by atoms with Gasteiger partial charge >= 0.3 is 5.63 Å². The minimum Gasteiger partial charge on any atom is -0.497 e. The molecule has 0 aliphatic rings. The Morgan fingerprint density at radius 2 is 1.94 bits per heavy atom. The predicted octanol–water partition coefficient (Wildman–Crippen LogP) is 5.08. The van der Waals surface area contributed by atoms with Crippen LogP contribution in [-0.2, 0) is 13.5 Å². The van der Waals surface area contributed by atoms with Gasteiger partial charge in [0.05, 0.1) is 12.1 Å². The number of rotatable bonds is 6. The lowest BCUT2D eigenvalue weighted by molar-refractivity contribution is 0.0922. The zero-order valence-electron chi connectivity index (χ0n) is 17.7. The molecule has 0 saturated heterocycles. The standard InChI is InChI=1S/C24H22ClNO5/c1-5-14-8-23(28)31-21-11-22(18(25)10-16(14)21)30-12-20(27)24-13(2)26(3)19-7-6-15(29-4)9-17(19)24/h6-11H,5,12H2,1-4H3. The van der Waals surface area contributed by atoms with E-state index in [1.54, 1.807) is 19.2 Å². The highest BCUT2D eigenvalue weighted by atomic mass is 35.5. The number of aromatic nitrogens is 1. The summed E-state index contributed by atoms with van der Waals surface area (Å²) in [4.78, 5) is 24.9. The summed E-state index contributed by atoms with van der Waals surface area (Å²) in [5.41, 5.74) is 3.12. The van der Waals surface area contributed by atoms with Gasteiger partial charge in [0, 0.05) is 46.7 Å². The quantitative estimate of drug-likeness (QED) is 0.309. The van der Waals surface area contributed by atoms with E-state index in [1.807, 2.05) is 43.7 Å². The Labute approximate surface area is 183 Å². The van der Waals surface area contributed by atoms with Crippen LogP contribution in [0, 0.1) is 6.92 Å². The molecule has 0 radical (unpaired) electrons. The number of hydrogen-bond donors (Lipinski definition) is 0. The van der Waals surface area contributed by atoms with Crippen LogP contribution in [0.4, 0.5) is 0 Å². The van der Waals surface area contributed by atoms with Crippen LogP contribution >= 0.6 is 11.6 Å². The van der Waals surface area contributed by atoms with Crippen molar-refractivity contribution in [2.24, 2.45) is 7.05 Å². The number of ketones is 1. The van der Waals surface area contributed by atoms with Crippen molar-refractivity contribution in [2.75, 3.05) is 13.7 Å². The maximum Gasteiger partial charge on any atom is 0.336 e. The lowest BCUT2D eigenvalue weighted by atomic mass is 10.1. The molecule has 0 unspecified atom stereocenters. The van der Waals surface area contributed by atoms with E-state index in [1.165, 1.54) is 6.07 Å². The molecule has 0 N–H and O–H groups in total. The summed E-state index contributed by atoms with van der Waals surface area (Å²) in [7, 11) is 3.50. The molecule has 0 saturated carbocycles. The molecule has 4 aromatic rings. The molecule has 7 heteroatoms. The number of ether oxygens (including phenoxy) is 2. The third kappa shape index (κ3) is 3.68. The summed E-state index contributed by atoms with van der Waals surface area (Å²) in [6, 6.07) is 10.4. The summed E-state index contributed by atoms with van der Waals surface area (Å²) in [6.45, 7) is 3.64. The first-order valence-electron chi connectivity index (χ1n) is 9.89. The second kappa shape index (κ2) is 8.12. The highest BCUT2D eigenvalue weighted by molar-refractivity contribution is 6.32. The molecular formula is C24H22ClNO5. The van der Waals surface area contributed by atoms with Gasteiger partial charge in [0.2, 0.25) is 5.78 Å². The topological polar surface area (TPSA) is 70.7 Å². The number of methoxy groups -OCH3 is 1. The molecule has 2 heterocycles. The van der Waals surface area contributed by atoms with Crippen molar-refractivity contribution in [1.29, 1.82) is 0 Å². The molecule has 0 bridgehead atoms. The fraction of sp³-hybridized carbons (Fsp3) is 0.250. The fourth-order valence-electron chi connectivity index (χ4n) is 3.88. The van der Waals surface area contributed by atoms with E-state index in [0.717, 1.165) is 27.5 Å². The third-order valence-electron chi connectivity index (χ3n) is 5.60. The van der Waals surface area contributed by atoms with Crippen LogP contribution in [0.25, 0.3) is 21.9 Å². The van der Waals surface area contributed by atoms with Crippen molar-refractivity contribution in [3.63, 3.8) is 0 Å². The number of fused-ring (bicyclic) bond motifs is 2. The normalized spacial score (nSPS) is 11.3. The number of Topliss-reactive ketones (excluding diaryl/α,β-unsaturated/α-hetero) is 1. The molecule has 0 fully saturated rings. The maximum atomic E-state index is 13.1. The molecule has 6 nitrogen and oxygen atoms in total. The molecule has 160 valence electrons. The van der Waals surface area contributed by atoms with Gasteiger partial charge in [0.15, 0.2) is 6.61 Å². The van der Waals surface area contributed by atoms with Gasteiger partial charge in [-0.2, -0.15) is 0 Å². The van der Waals surface area contributed by atoms with Crippen molar-refractivity contribution in [3.05, 3.63) is 68.7 Å². The van der Waals surface area contributed by atoms with Gasteiger partial charge in [-0.05, 0) is 43.2 Å². The van der Waals surface area contributed by atoms with Crippen LogP contribution < -0.4 is 15.1 Å². The number of hydrogen-bond acceptors (Lipinski definition) is 5. The Balaban J connectivity index is 1.68. The summed E-state index contributed by atoms with van der Waals surface area (Å²) < 4.78 is 18.3. The zero-order valence-corrected chi connectivity index (χ0v) is 18.5. The maximum absolute atomic E-state index is 13.1. The molecule has 0 aliphatic carbocycles. The number of carbonyl (C=O) groups excluding carboxylic acids is 1. The van der Waals surface area contributed by atoms with Gasteiger partial charge in [0.25, 0.3) is 0 Å². The molecular weight excluding hydrogens is 418 g/mol. The van der Waals surface area contributed by atoms with Gasteiger partial charge in [-0.1, -0.05) is 18.5 Å². The van der Waals surface area contributed by atoms with Gasteiger partial charge < -0.3 is 18.5 Å². The molecule has 0 spiro atoms. The minimum atomic E-state index is -0.436. The molecule has 0 atom stereocenters. The van der Waals surface area contributed by atoms with Gasteiger partial charge in [-0.25, -0.2) is 4.79 Å². The molecule has 2 aromatic heterocycles. The lowest BCUT2D eigenvalue weighted by Gasteiger charge is -2.10. The van der Waals surface area contributed by atoms with E-state index >= 15 is 0 Å². The highest BCUT2D eigenvalue weighted by Crippen LogP contribution is 2.33. The fourth-order valence-corrected chi connectivity index (χ4v) is 4.09. The first-order valence-corrected chi connectivity index (χ1v) is 10.3. The number of halogens is 1. The van der Waals surface area contributed by atoms with Crippen LogP contribution in [0.1, 0.15) is 28.5 Å². The minimum absolute atomic E-state index is 0.184. The summed E-state index contributed by atoms with van der Waals surface area (Å²) >= 11 is 6.39. The molecule has 31 heavy (non-hydrogen) atoms. The van der Waals surface area contributed by atoms with Crippen molar-refractivity contribution >= 4 is 39.3 Å². The Morgan fingerprint density at radius 3 is 2.65 bits per heavy atom. The number of carbonyl (C=O) groups is 1. The van der Waals surface area contributed by atoms with Crippen molar-refractivity contribution in [2.45, 2.75) is 20.3 Å². The number of benzene rings is 2. The Morgan fingerprint density at radius 1 is 1.16 bits per heavy atom. The summed E-state index contributed by atoms with van der Waals surface area (Å²) in [5.74, 6) is 0.776. The highest BCUT2D eigenvalue weighted by Gasteiger charge is 2.20. The van der Waals surface area contributed by atoms with E-state index < -0.39 is 5.63 Å². The molecule has 4 rings (SSSR count). The number of nitrogens with zero attached hydrogens (tertiary/aromatic N) is 1. The second-order valence-corrected chi connectivity index (χ2v) is 7.74. The SMILES string of the molecule is CCc1cc(=O)oc2cc(OCC(=O)c3c(C)n(C)c4ccc(OC)cc34)c(Cl)cc12. The average Bonchev–Trinajstić information content (AvgIpc) is 3.01. The van der Waals surface area contributed by atoms with Crippen LogP contribution in [0.15, 0.2) is 45.6 Å². The van der Waals surface area contributed by atoms with E-state index in [9.17, 15) is 9.59 Å². The lowest BCUT2D eigenvalue weighted by Crippen LogP contribution is -2.13. The average molecular weight is 440 g/mol. The second-order valence-electron chi connectivity index (χ2n) is 7.34. The zero-order chi connectivity index (χ0) is 22.3. The van der Waals surface area contributed by atoms with E-state index in [0.29, 0.717) is 28.3 Å². The van der Waals surface area contributed by atoms with E-state index in [2.05, 4.69) is 0 Å². The largest absolute Gasteiger partial charge is 0.497 e. The van der Waals surface area contributed by atoms with E-state index in [4.69, 9.17) is 25.5 Å². The van der Waals surface area contributed by atoms with Crippen molar-refractivity contribution in [1.82, 2.24) is 4.57 Å². The van der Waals surface area contributed by atoms with E-state index in [-0.39, 0.29) is 18.1 Å². The van der Waals surface area contributed by atoms with Gasteiger partial charge in [-0.3, -0.25) is 4.79 Å². The Kier molecular flexibility index (Phi) is 5.50. The smallest absolute Gasteiger partial charge is 0.336 e. The van der Waals surface area contributed by atoms with Gasteiger partial charge in [0.1, 0.15) is 17.1 Å². The van der Waals surface area contributed by atoms with Gasteiger partial charge in [-0.15, -0.1) is 0 Å². The molecule has 0 amide bonds. The summed E-state index contributed by atoms with van der Waals surface area (Å²) in [6.07, 6.45) is 0.668. The monoisotopic (exact) mass is 439 g/mol. The first-order chi connectivity index (χ1) is 14.8. The Bertz CT molecular complexity index is 1380. The molecule has 0 aliphatic heterocycles. The van der Waals surface area contributed by atoms with Crippen LogP contribution in [0.5, 0.6) is 11.5 Å². The van der Waals surface area contributed by atoms with Crippen molar-refractivity contribution < 1.29 is 18.7 Å². The summed E-state index contributed by atoms with van der Waals surface area (Å²) in [5, 5.41) is 1.90. The third-order valence-corrected chi connectivity index (χ3v) is 5.90. The predicted molar refractivity (Wildman–Crippen MR) is 121 cm³/mol. The first kappa shape index (κ1) is 21.0.